The van der Waals surface area contributed by atoms with E-state index >= 15 is 0 Å². The lowest BCUT2D eigenvalue weighted by Crippen LogP contribution is -2.42. The Balaban J connectivity index is 1.45. The van der Waals surface area contributed by atoms with Crippen molar-refractivity contribution in [1.82, 2.24) is 15.8 Å². The van der Waals surface area contributed by atoms with Crippen LogP contribution >= 0.6 is 0 Å². The fourth-order valence-corrected chi connectivity index (χ4v) is 4.21. The summed E-state index contributed by atoms with van der Waals surface area (Å²) in [5, 5.41) is 1.89. The molecule has 2 N–H and O–H groups in total. The molecule has 0 bridgehead atoms. The minimum absolute atomic E-state index is 0.0701. The second-order valence-electron chi connectivity index (χ2n) is 8.10. The van der Waals surface area contributed by atoms with Crippen molar-refractivity contribution in [3.05, 3.63) is 71.3 Å². The molecule has 2 heterocycles. The molecule has 0 radical (unpaired) electrons. The zero-order chi connectivity index (χ0) is 21.6. The molecular formula is C24H21F2N3O2. The zero-order valence-corrected chi connectivity index (χ0v) is 16.8. The maximum Gasteiger partial charge on any atom is 0.265 e. The van der Waals surface area contributed by atoms with Crippen LogP contribution in [-0.2, 0) is 6.54 Å². The number of nitrogens with zero attached hydrogens (tertiary/aromatic N) is 1. The number of alkyl halides is 2. The molecule has 2 aliphatic rings. The predicted octanol–water partition coefficient (Wildman–Crippen LogP) is 4.13. The van der Waals surface area contributed by atoms with Gasteiger partial charge in [0, 0.05) is 43.6 Å². The van der Waals surface area contributed by atoms with Crippen molar-refractivity contribution in [1.29, 1.82) is 0 Å². The third kappa shape index (κ3) is 3.77. The van der Waals surface area contributed by atoms with Gasteiger partial charge in [0.2, 0.25) is 0 Å². The maximum atomic E-state index is 13.4. The van der Waals surface area contributed by atoms with E-state index in [9.17, 15) is 18.4 Å². The summed E-state index contributed by atoms with van der Waals surface area (Å²) in [5.74, 6) is -3.04. The number of halogens is 2. The van der Waals surface area contributed by atoms with Crippen molar-refractivity contribution in [2.45, 2.75) is 25.3 Å². The summed E-state index contributed by atoms with van der Waals surface area (Å²) in [6.07, 6.45) is -0.580. The van der Waals surface area contributed by atoms with Gasteiger partial charge in [0.1, 0.15) is 0 Å². The molecule has 0 saturated carbocycles. The van der Waals surface area contributed by atoms with Crippen LogP contribution in [0.4, 0.5) is 8.78 Å². The van der Waals surface area contributed by atoms with Gasteiger partial charge in [-0.1, -0.05) is 24.3 Å². The van der Waals surface area contributed by atoms with Gasteiger partial charge < -0.3 is 4.90 Å². The molecule has 0 spiro atoms. The van der Waals surface area contributed by atoms with Crippen LogP contribution in [0.25, 0.3) is 21.9 Å². The molecule has 0 atom stereocenters. The molecule has 7 heteroatoms. The number of likely N-dealkylation sites (tertiary alicyclic amines) is 1. The fourth-order valence-electron chi connectivity index (χ4n) is 4.21. The number of hydrogen-bond donors (Lipinski definition) is 2. The van der Waals surface area contributed by atoms with E-state index in [0.717, 1.165) is 27.5 Å². The van der Waals surface area contributed by atoms with Gasteiger partial charge in [0.05, 0.1) is 0 Å². The number of nitrogens with one attached hydrogen (secondary N) is 2. The van der Waals surface area contributed by atoms with E-state index in [-0.39, 0.29) is 37.7 Å². The van der Waals surface area contributed by atoms with Crippen molar-refractivity contribution in [3.8, 4) is 11.1 Å². The Morgan fingerprint density at radius 1 is 0.903 bits per heavy atom. The predicted molar refractivity (Wildman–Crippen MR) is 114 cm³/mol. The zero-order valence-electron chi connectivity index (χ0n) is 16.8. The second kappa shape index (κ2) is 7.42. The van der Waals surface area contributed by atoms with Crippen LogP contribution in [-0.4, -0.2) is 35.7 Å². The first-order valence-electron chi connectivity index (χ1n) is 10.3. The Morgan fingerprint density at radius 2 is 1.61 bits per heavy atom. The summed E-state index contributed by atoms with van der Waals surface area (Å²) in [6.45, 7) is 0.692. The van der Waals surface area contributed by atoms with Gasteiger partial charge in [-0.05, 0) is 57.8 Å². The van der Waals surface area contributed by atoms with Crippen LogP contribution in [0.1, 0.15) is 39.1 Å². The normalized spacial score (nSPS) is 17.9. The topological polar surface area (TPSA) is 61.4 Å². The molecule has 5 nitrogen and oxygen atoms in total. The average molecular weight is 421 g/mol. The first-order chi connectivity index (χ1) is 14.9. The highest BCUT2D eigenvalue weighted by molar-refractivity contribution is 6.00. The van der Waals surface area contributed by atoms with Crippen molar-refractivity contribution >= 4 is 22.6 Å². The van der Waals surface area contributed by atoms with Crippen molar-refractivity contribution in [2.75, 3.05) is 13.1 Å². The smallest absolute Gasteiger partial charge is 0.265 e. The molecule has 158 valence electrons. The molecule has 1 fully saturated rings. The van der Waals surface area contributed by atoms with Gasteiger partial charge in [0.25, 0.3) is 17.7 Å². The van der Waals surface area contributed by atoms with E-state index in [2.05, 4.69) is 10.9 Å². The molecule has 0 aromatic heterocycles. The Bertz CT molecular complexity index is 1200. The minimum Gasteiger partial charge on any atom is -0.338 e. The summed E-state index contributed by atoms with van der Waals surface area (Å²) in [4.78, 5) is 26.3. The average Bonchev–Trinajstić information content (AvgIpc) is 2.78. The molecule has 5 rings (SSSR count). The van der Waals surface area contributed by atoms with Crippen LogP contribution in [0, 0.1) is 0 Å². The van der Waals surface area contributed by atoms with Gasteiger partial charge in [-0.15, -0.1) is 0 Å². The van der Waals surface area contributed by atoms with Crippen LogP contribution in [0.15, 0.2) is 54.6 Å². The van der Waals surface area contributed by atoms with Gasteiger partial charge in [-0.2, -0.15) is 0 Å². The van der Waals surface area contributed by atoms with E-state index in [1.165, 1.54) is 4.90 Å². The lowest BCUT2D eigenvalue weighted by atomic mass is 9.95. The second-order valence-corrected chi connectivity index (χ2v) is 8.10. The van der Waals surface area contributed by atoms with Gasteiger partial charge in [-0.25, -0.2) is 14.2 Å². The van der Waals surface area contributed by atoms with E-state index < -0.39 is 5.92 Å². The van der Waals surface area contributed by atoms with E-state index in [0.29, 0.717) is 17.7 Å². The van der Waals surface area contributed by atoms with Gasteiger partial charge in [0.15, 0.2) is 0 Å². The van der Waals surface area contributed by atoms with Crippen LogP contribution in [0.2, 0.25) is 0 Å². The third-order valence-corrected chi connectivity index (χ3v) is 6.03. The quantitative estimate of drug-likeness (QED) is 0.654. The van der Waals surface area contributed by atoms with Crippen LogP contribution in [0.3, 0.4) is 0 Å². The first-order valence-corrected chi connectivity index (χ1v) is 10.3. The highest BCUT2D eigenvalue weighted by atomic mass is 19.3. The van der Waals surface area contributed by atoms with Gasteiger partial charge >= 0.3 is 0 Å². The number of carbonyl (C=O) groups is 2. The van der Waals surface area contributed by atoms with Crippen molar-refractivity contribution in [2.24, 2.45) is 0 Å². The van der Waals surface area contributed by atoms with E-state index in [1.807, 2.05) is 48.5 Å². The molecule has 2 aliphatic heterocycles. The number of rotatable bonds is 2. The highest BCUT2D eigenvalue weighted by Gasteiger charge is 2.35. The number of amides is 2. The summed E-state index contributed by atoms with van der Waals surface area (Å²) in [7, 11) is 0. The summed E-state index contributed by atoms with van der Waals surface area (Å²) >= 11 is 0. The Morgan fingerprint density at radius 3 is 2.42 bits per heavy atom. The van der Waals surface area contributed by atoms with Crippen LogP contribution < -0.4 is 10.9 Å². The first kappa shape index (κ1) is 19.6. The molecule has 3 aromatic carbocycles. The number of hydrazine groups is 1. The number of fused-ring (bicyclic) bond motifs is 2. The largest absolute Gasteiger partial charge is 0.338 e. The maximum absolute atomic E-state index is 13.4. The molecular weight excluding hydrogens is 400 g/mol. The van der Waals surface area contributed by atoms with E-state index in [4.69, 9.17) is 0 Å². The summed E-state index contributed by atoms with van der Waals surface area (Å²) < 4.78 is 26.8. The lowest BCUT2D eigenvalue weighted by molar-refractivity contribution is -0.0494. The molecule has 0 aliphatic carbocycles. The number of carbonyl (C=O) groups excluding carboxylic acids is 2. The molecule has 3 aromatic rings. The number of piperidine rings is 1. The molecule has 31 heavy (non-hydrogen) atoms. The van der Waals surface area contributed by atoms with Crippen LogP contribution in [0.5, 0.6) is 0 Å². The third-order valence-electron chi connectivity index (χ3n) is 6.03. The standard InChI is InChI=1S/C24H21F2N3O2/c25-24(26)7-9-29(10-8-24)23(31)18-4-2-15-1-3-16(11-19(15)13-18)17-5-6-21-20(12-17)14-27-28-22(21)30/h1-6,11-13,27H,7-10,14H2,(H,28,30). The van der Waals surface area contributed by atoms with Crippen molar-refractivity contribution < 1.29 is 18.4 Å². The number of hydrogen-bond acceptors (Lipinski definition) is 3. The molecule has 1 saturated heterocycles. The molecule has 0 unspecified atom stereocenters. The minimum atomic E-state index is -2.68. The fraction of sp³-hybridized carbons (Fsp3) is 0.250. The summed E-state index contributed by atoms with van der Waals surface area (Å²) in [6, 6.07) is 17.2. The lowest BCUT2D eigenvalue weighted by Gasteiger charge is -2.31. The number of benzene rings is 3. The highest BCUT2D eigenvalue weighted by Crippen LogP contribution is 2.30. The monoisotopic (exact) mass is 421 g/mol. The SMILES string of the molecule is O=C1NNCc2cc(-c3ccc4ccc(C(=O)N5CCC(F)(F)CC5)cc4c3)ccc21. The molecule has 2 amide bonds. The Kier molecular flexibility index (Phi) is 4.70. The van der Waals surface area contributed by atoms with E-state index in [1.54, 1.807) is 6.07 Å². The Labute approximate surface area is 178 Å². The van der Waals surface area contributed by atoms with Gasteiger partial charge in [-0.3, -0.25) is 15.0 Å². The Hall–Kier alpha value is -3.32. The summed E-state index contributed by atoms with van der Waals surface area (Å²) in [5.41, 5.74) is 9.50. The van der Waals surface area contributed by atoms with Crippen molar-refractivity contribution in [3.63, 3.8) is 0 Å².